The largest absolute Gasteiger partial charge is 0.477 e. The molecule has 0 aliphatic rings. The molecule has 2 aromatic heterocycles. The summed E-state index contributed by atoms with van der Waals surface area (Å²) < 4.78 is 6.99. The Kier molecular flexibility index (Phi) is 9.37. The van der Waals surface area contributed by atoms with E-state index in [1.54, 1.807) is 28.8 Å². The van der Waals surface area contributed by atoms with Gasteiger partial charge < -0.3 is 24.4 Å². The van der Waals surface area contributed by atoms with Crippen LogP contribution >= 0.6 is 0 Å². The van der Waals surface area contributed by atoms with Gasteiger partial charge in [-0.1, -0.05) is 78.5 Å². The molecule has 0 saturated carbocycles. The van der Waals surface area contributed by atoms with Crippen molar-refractivity contribution in [1.82, 2.24) is 29.8 Å². The number of ether oxygens (including phenoxy) is 1. The van der Waals surface area contributed by atoms with Gasteiger partial charge in [-0.15, -0.1) is 20.3 Å². The van der Waals surface area contributed by atoms with Gasteiger partial charge in [-0.2, -0.15) is 0 Å². The number of carbonyl (C=O) groups is 2. The van der Waals surface area contributed by atoms with Crippen LogP contribution in [-0.2, 0) is 30.0 Å². The summed E-state index contributed by atoms with van der Waals surface area (Å²) in [6.07, 6.45) is 0.320. The van der Waals surface area contributed by atoms with E-state index in [0.29, 0.717) is 22.6 Å². The van der Waals surface area contributed by atoms with E-state index in [-0.39, 0.29) is 35.1 Å². The van der Waals surface area contributed by atoms with E-state index in [4.69, 9.17) is 4.74 Å². The number of carboxylic acid groups (broad SMARTS) is 1. The summed E-state index contributed by atoms with van der Waals surface area (Å²) in [6.45, 7) is 4.83. The first kappa shape index (κ1) is 32.4. The molecule has 0 saturated heterocycles. The van der Waals surface area contributed by atoms with Crippen molar-refractivity contribution in [3.05, 3.63) is 111 Å². The third kappa shape index (κ3) is 7.31. The molecule has 0 spiro atoms. The molecule has 0 radical (unpaired) electrons. The van der Waals surface area contributed by atoms with Crippen molar-refractivity contribution in [3.63, 3.8) is 0 Å². The molecule has 47 heavy (non-hydrogen) atoms. The lowest BCUT2D eigenvalue weighted by molar-refractivity contribution is -0.763. The monoisotopic (exact) mass is 641 g/mol. The average molecular weight is 642 g/mol. The minimum Gasteiger partial charge on any atom is -0.477 e. The molecule has 0 aliphatic heterocycles. The summed E-state index contributed by atoms with van der Waals surface area (Å²) in [7, 11) is 0. The van der Waals surface area contributed by atoms with E-state index in [1.807, 2.05) is 43.3 Å². The highest BCUT2D eigenvalue weighted by Gasteiger charge is 2.31. The van der Waals surface area contributed by atoms with Gasteiger partial charge in [-0.05, 0) is 48.2 Å². The molecule has 15 heteroatoms. The number of para-hydroxylation sites is 1. The number of aromatic carboxylic acids is 1. The normalized spacial score (nSPS) is 11.3. The maximum Gasteiger partial charge on any atom is 0.459 e. The van der Waals surface area contributed by atoms with Crippen LogP contribution in [0.15, 0.2) is 72.8 Å². The third-order valence-corrected chi connectivity index (χ3v) is 7.15. The number of rotatable bonds is 12. The van der Waals surface area contributed by atoms with Crippen LogP contribution in [0.3, 0.4) is 0 Å². The van der Waals surface area contributed by atoms with Crippen molar-refractivity contribution in [2.75, 3.05) is 0 Å². The Balaban J connectivity index is 1.38. The molecule has 5 aromatic rings. The Labute approximate surface area is 268 Å². The second-order valence-corrected chi connectivity index (χ2v) is 11.0. The fraction of sp³-hybridized carbons (Fsp3) is 0.250. The number of carbonyl (C=O) groups excluding carboxylic acids is 1. The van der Waals surface area contributed by atoms with Crippen LogP contribution in [0.2, 0.25) is 0 Å². The number of aliphatic hydroxyl groups is 1. The summed E-state index contributed by atoms with van der Waals surface area (Å²) in [4.78, 5) is 45.3. The lowest BCUT2D eigenvalue weighted by Gasteiger charge is -2.16. The van der Waals surface area contributed by atoms with Crippen molar-refractivity contribution < 1.29 is 34.5 Å². The van der Waals surface area contributed by atoms with Gasteiger partial charge in [-0.3, -0.25) is 0 Å². The molecule has 0 unspecified atom stereocenters. The molecular formula is C32H31N7O8. The van der Waals surface area contributed by atoms with Gasteiger partial charge in [0.05, 0.1) is 0 Å². The second-order valence-electron chi connectivity index (χ2n) is 11.0. The number of hydrogen-bond acceptors (Lipinski definition) is 11. The maximum atomic E-state index is 12.8. The predicted molar refractivity (Wildman–Crippen MR) is 166 cm³/mol. The summed E-state index contributed by atoms with van der Waals surface area (Å²) in [6, 6.07) is 21.0. The molecule has 2 heterocycles. The number of tetrazole rings is 1. The van der Waals surface area contributed by atoms with Gasteiger partial charge in [0.25, 0.3) is 5.09 Å². The van der Waals surface area contributed by atoms with Crippen molar-refractivity contribution in [2.24, 2.45) is 0 Å². The molecule has 0 aliphatic carbocycles. The number of carboxylic acids is 1. The van der Waals surface area contributed by atoms with Crippen LogP contribution in [0.1, 0.15) is 60.3 Å². The van der Waals surface area contributed by atoms with Crippen molar-refractivity contribution in [3.8, 4) is 28.3 Å². The Morgan fingerprint density at radius 3 is 2.34 bits per heavy atom. The van der Waals surface area contributed by atoms with Crippen LogP contribution in [0.25, 0.3) is 22.5 Å². The van der Waals surface area contributed by atoms with E-state index in [0.717, 1.165) is 23.1 Å². The second kappa shape index (κ2) is 13.6. The first-order valence-electron chi connectivity index (χ1n) is 14.6. The van der Waals surface area contributed by atoms with Gasteiger partial charge in [-0.25, -0.2) is 14.6 Å². The first-order chi connectivity index (χ1) is 22.5. The molecule has 15 nitrogen and oxygen atoms in total. The van der Waals surface area contributed by atoms with E-state index in [9.17, 15) is 29.9 Å². The highest BCUT2D eigenvalue weighted by Crippen LogP contribution is 2.31. The van der Waals surface area contributed by atoms with E-state index >= 15 is 0 Å². The van der Waals surface area contributed by atoms with Gasteiger partial charge in [0.15, 0.2) is 5.69 Å². The molecule has 0 fully saturated rings. The Morgan fingerprint density at radius 1 is 1.00 bits per heavy atom. The van der Waals surface area contributed by atoms with E-state index < -0.39 is 29.4 Å². The Hall–Kier alpha value is -5.96. The quantitative estimate of drug-likeness (QED) is 0.138. The Bertz CT molecular complexity index is 1930. The fourth-order valence-corrected chi connectivity index (χ4v) is 5.01. The van der Waals surface area contributed by atoms with Crippen molar-refractivity contribution in [1.29, 1.82) is 0 Å². The molecule has 0 amide bonds. The molecule has 2 N–H and O–H groups in total. The molecule has 0 atom stereocenters. The fourth-order valence-electron chi connectivity index (χ4n) is 5.01. The van der Waals surface area contributed by atoms with Crippen LogP contribution < -0.4 is 4.74 Å². The molecule has 0 bridgehead atoms. The van der Waals surface area contributed by atoms with Crippen LogP contribution in [0.5, 0.6) is 5.75 Å². The number of aryl methyl sites for hydroxylation is 1. The lowest BCUT2D eigenvalue weighted by atomic mass is 9.98. The van der Waals surface area contributed by atoms with Gasteiger partial charge in [0, 0.05) is 24.1 Å². The summed E-state index contributed by atoms with van der Waals surface area (Å²) >= 11 is 0. The summed E-state index contributed by atoms with van der Waals surface area (Å²) in [5.41, 5.74) is 1.88. The van der Waals surface area contributed by atoms with Gasteiger partial charge in [0.1, 0.15) is 29.5 Å². The zero-order valence-corrected chi connectivity index (χ0v) is 25.7. The van der Waals surface area contributed by atoms with Gasteiger partial charge in [0.2, 0.25) is 5.82 Å². The van der Waals surface area contributed by atoms with Crippen LogP contribution in [0, 0.1) is 10.1 Å². The lowest BCUT2D eigenvalue weighted by Crippen LogP contribution is -2.22. The number of hydrogen-bond donors (Lipinski definition) is 2. The van der Waals surface area contributed by atoms with Crippen LogP contribution in [0.4, 0.5) is 4.79 Å². The molecule has 3 aromatic carbocycles. The zero-order chi connectivity index (χ0) is 33.7. The minimum absolute atomic E-state index is 0.0444. The number of nitrogens with zero attached hydrogens (tertiary/aromatic N) is 7. The van der Waals surface area contributed by atoms with E-state index in [2.05, 4.69) is 25.2 Å². The number of aromatic nitrogens is 6. The van der Waals surface area contributed by atoms with Crippen LogP contribution in [-0.4, -0.2) is 57.1 Å². The topological polar surface area (TPSA) is 198 Å². The zero-order valence-electron chi connectivity index (χ0n) is 25.7. The highest BCUT2D eigenvalue weighted by atomic mass is 16.9. The van der Waals surface area contributed by atoms with Crippen molar-refractivity contribution in [2.45, 2.75) is 52.4 Å². The smallest absolute Gasteiger partial charge is 0.459 e. The molecule has 242 valence electrons. The molecular weight excluding hydrogens is 610 g/mol. The standard InChI is InChI=1S/C32H31N7O8/c1-4-9-26-33-28(32(2,3)43)27(30(40)41)37(26)18-20-14-16-21(17-15-20)23-11-6-7-12-24(23)29-34-36-38(35-29)31(42)47-25-13-8-5-10-22(25)19-46-39(44)45/h5-8,10-17,43H,4,9,18-19H2,1-3H3,(H,40,41). The average Bonchev–Trinajstić information content (AvgIpc) is 3.67. The Morgan fingerprint density at radius 2 is 1.68 bits per heavy atom. The summed E-state index contributed by atoms with van der Waals surface area (Å²) in [5.74, 6) is -0.389. The highest BCUT2D eigenvalue weighted by molar-refractivity contribution is 5.87. The maximum absolute atomic E-state index is 12.8. The SMILES string of the molecule is CCCc1nc(C(C)(C)O)c(C(=O)O)n1Cc1ccc(-c2ccccc2-c2nnn(C(=O)Oc3ccccc3CO[N+](=O)[O-])n2)cc1. The van der Waals surface area contributed by atoms with E-state index in [1.165, 1.54) is 26.0 Å². The number of imidazole rings is 1. The summed E-state index contributed by atoms with van der Waals surface area (Å²) in [5, 5.41) is 42.4. The third-order valence-electron chi connectivity index (χ3n) is 7.15. The molecule has 5 rings (SSSR count). The van der Waals surface area contributed by atoms with Crippen molar-refractivity contribution >= 4 is 12.1 Å². The van der Waals surface area contributed by atoms with Gasteiger partial charge >= 0.3 is 12.1 Å². The minimum atomic E-state index is -1.43. The number of benzene rings is 3. The first-order valence-corrected chi connectivity index (χ1v) is 14.6. The predicted octanol–water partition coefficient (Wildman–Crippen LogP) is 4.89.